The summed E-state index contributed by atoms with van der Waals surface area (Å²) in [7, 11) is 4.04. The summed E-state index contributed by atoms with van der Waals surface area (Å²) in [5.74, 6) is 0.809. The van der Waals surface area contributed by atoms with Crippen LogP contribution in [0.5, 0.6) is 5.75 Å². The first-order valence-electron chi connectivity index (χ1n) is 8.42. The van der Waals surface area contributed by atoms with Crippen LogP contribution in [0.1, 0.15) is 24.4 Å². The fraction of sp³-hybridized carbons (Fsp3) is 0.350. The first kappa shape index (κ1) is 19.3. The highest BCUT2D eigenvalue weighted by atomic mass is 35.5. The Labute approximate surface area is 154 Å². The number of halogens is 1. The lowest BCUT2D eigenvalue weighted by Gasteiger charge is -2.25. The van der Waals surface area contributed by atoms with Crippen molar-refractivity contribution in [1.29, 1.82) is 0 Å². The molecule has 1 amide bonds. The average Bonchev–Trinajstić information content (AvgIpc) is 2.61. The van der Waals surface area contributed by atoms with Gasteiger partial charge in [-0.25, -0.2) is 0 Å². The molecule has 134 valence electrons. The third-order valence-electron chi connectivity index (χ3n) is 3.93. The minimum atomic E-state index is 0.0440. The maximum absolute atomic E-state index is 12.1. The highest BCUT2D eigenvalue weighted by Crippen LogP contribution is 2.17. The van der Waals surface area contributed by atoms with Crippen LogP contribution >= 0.6 is 11.6 Å². The molecule has 0 spiro atoms. The Morgan fingerprint density at radius 3 is 2.44 bits per heavy atom. The molecule has 0 saturated heterocycles. The van der Waals surface area contributed by atoms with Crippen molar-refractivity contribution in [3.05, 3.63) is 65.2 Å². The number of ether oxygens (including phenoxy) is 1. The van der Waals surface area contributed by atoms with Gasteiger partial charge in [0.25, 0.3) is 0 Å². The number of hydrogen-bond acceptors (Lipinski definition) is 3. The molecule has 0 bridgehead atoms. The molecule has 2 aromatic rings. The molecule has 0 aliphatic carbocycles. The van der Waals surface area contributed by atoms with Crippen molar-refractivity contribution in [3.8, 4) is 5.75 Å². The van der Waals surface area contributed by atoms with E-state index in [0.717, 1.165) is 5.75 Å². The lowest BCUT2D eigenvalue weighted by molar-refractivity contribution is -0.121. The predicted octanol–water partition coefficient (Wildman–Crippen LogP) is 3.92. The molecule has 0 heterocycles. The van der Waals surface area contributed by atoms with Crippen molar-refractivity contribution < 1.29 is 9.53 Å². The van der Waals surface area contributed by atoms with Crippen LogP contribution in [0, 0.1) is 0 Å². The van der Waals surface area contributed by atoms with Crippen LogP contribution in [0.2, 0.25) is 5.02 Å². The number of nitrogens with zero attached hydrogens (tertiary/aromatic N) is 1. The monoisotopic (exact) mass is 360 g/mol. The van der Waals surface area contributed by atoms with Gasteiger partial charge in [0, 0.05) is 18.0 Å². The van der Waals surface area contributed by atoms with Gasteiger partial charge in [0.2, 0.25) is 5.91 Å². The van der Waals surface area contributed by atoms with E-state index in [9.17, 15) is 4.79 Å². The molecule has 0 radical (unpaired) electrons. The van der Waals surface area contributed by atoms with E-state index in [4.69, 9.17) is 16.3 Å². The molecule has 0 aromatic heterocycles. The molecular formula is C20H25ClN2O2. The summed E-state index contributed by atoms with van der Waals surface area (Å²) < 4.78 is 5.60. The summed E-state index contributed by atoms with van der Waals surface area (Å²) in [6, 6.07) is 17.6. The summed E-state index contributed by atoms with van der Waals surface area (Å²) in [6.07, 6.45) is 1.12. The number of rotatable bonds is 9. The van der Waals surface area contributed by atoms with Crippen LogP contribution in [-0.4, -0.2) is 38.1 Å². The van der Waals surface area contributed by atoms with E-state index in [2.05, 4.69) is 22.3 Å². The molecule has 2 rings (SSSR count). The van der Waals surface area contributed by atoms with Gasteiger partial charge in [0.05, 0.1) is 12.6 Å². The van der Waals surface area contributed by atoms with Gasteiger partial charge in [-0.3, -0.25) is 4.79 Å². The zero-order valence-electron chi connectivity index (χ0n) is 14.7. The van der Waals surface area contributed by atoms with E-state index in [1.165, 1.54) is 5.56 Å². The summed E-state index contributed by atoms with van der Waals surface area (Å²) in [6.45, 7) is 1.10. The van der Waals surface area contributed by atoms with Crippen LogP contribution in [0.3, 0.4) is 0 Å². The van der Waals surface area contributed by atoms with Gasteiger partial charge in [-0.2, -0.15) is 0 Å². The zero-order valence-corrected chi connectivity index (χ0v) is 15.5. The Morgan fingerprint density at radius 2 is 1.80 bits per heavy atom. The van der Waals surface area contributed by atoms with Crippen molar-refractivity contribution in [2.45, 2.75) is 18.9 Å². The summed E-state index contributed by atoms with van der Waals surface area (Å²) >= 11 is 5.83. The number of likely N-dealkylation sites (N-methyl/N-ethyl adjacent to an activating group) is 1. The van der Waals surface area contributed by atoms with E-state index in [0.29, 0.717) is 31.0 Å². The third-order valence-corrected chi connectivity index (χ3v) is 4.18. The van der Waals surface area contributed by atoms with Gasteiger partial charge in [-0.05, 0) is 50.3 Å². The molecule has 0 saturated carbocycles. The Bertz CT molecular complexity index is 645. The van der Waals surface area contributed by atoms with E-state index < -0.39 is 0 Å². The van der Waals surface area contributed by atoms with Crippen LogP contribution in [0.25, 0.3) is 0 Å². The third kappa shape index (κ3) is 6.77. The van der Waals surface area contributed by atoms with Gasteiger partial charge in [0.15, 0.2) is 0 Å². The molecule has 5 heteroatoms. The second kappa shape index (κ2) is 10.1. The van der Waals surface area contributed by atoms with Crippen LogP contribution in [-0.2, 0) is 4.79 Å². The molecule has 0 aliphatic rings. The van der Waals surface area contributed by atoms with E-state index in [-0.39, 0.29) is 11.9 Å². The highest BCUT2D eigenvalue weighted by Gasteiger charge is 2.14. The Hall–Kier alpha value is -2.04. The van der Waals surface area contributed by atoms with Gasteiger partial charge < -0.3 is 15.0 Å². The van der Waals surface area contributed by atoms with Crippen molar-refractivity contribution in [2.75, 3.05) is 27.2 Å². The molecule has 0 fully saturated rings. The Morgan fingerprint density at radius 1 is 1.12 bits per heavy atom. The standard InChI is InChI=1S/C20H25ClN2O2/c1-23(2)19(16-7-4-3-5-8-16)15-22-20(24)9-6-14-25-18-12-10-17(21)11-13-18/h3-5,7-8,10-13,19H,6,9,14-15H2,1-2H3,(H,22,24). The van der Waals surface area contributed by atoms with Crippen molar-refractivity contribution in [1.82, 2.24) is 10.2 Å². The second-order valence-corrected chi connectivity index (χ2v) is 6.54. The van der Waals surface area contributed by atoms with Crippen molar-refractivity contribution >= 4 is 17.5 Å². The smallest absolute Gasteiger partial charge is 0.220 e. The zero-order chi connectivity index (χ0) is 18.1. The molecule has 25 heavy (non-hydrogen) atoms. The van der Waals surface area contributed by atoms with Crippen LogP contribution in [0.15, 0.2) is 54.6 Å². The fourth-order valence-corrected chi connectivity index (χ4v) is 2.65. The predicted molar refractivity (Wildman–Crippen MR) is 102 cm³/mol. The molecule has 1 N–H and O–H groups in total. The van der Waals surface area contributed by atoms with Crippen LogP contribution in [0.4, 0.5) is 0 Å². The highest BCUT2D eigenvalue weighted by molar-refractivity contribution is 6.30. The number of carbonyl (C=O) groups is 1. The minimum Gasteiger partial charge on any atom is -0.494 e. The Kier molecular flexibility index (Phi) is 7.76. The van der Waals surface area contributed by atoms with Gasteiger partial charge in [-0.1, -0.05) is 41.9 Å². The average molecular weight is 361 g/mol. The largest absolute Gasteiger partial charge is 0.494 e. The quantitative estimate of drug-likeness (QED) is 0.689. The minimum absolute atomic E-state index is 0.0440. The summed E-state index contributed by atoms with van der Waals surface area (Å²) in [4.78, 5) is 14.2. The van der Waals surface area contributed by atoms with Crippen molar-refractivity contribution in [3.63, 3.8) is 0 Å². The van der Waals surface area contributed by atoms with Crippen LogP contribution < -0.4 is 10.1 Å². The number of benzene rings is 2. The maximum atomic E-state index is 12.1. The number of amides is 1. The lowest BCUT2D eigenvalue weighted by atomic mass is 10.1. The molecular weight excluding hydrogens is 336 g/mol. The molecule has 0 aliphatic heterocycles. The van der Waals surface area contributed by atoms with Gasteiger partial charge >= 0.3 is 0 Å². The van der Waals surface area contributed by atoms with Crippen molar-refractivity contribution in [2.24, 2.45) is 0 Å². The number of hydrogen-bond donors (Lipinski definition) is 1. The van der Waals surface area contributed by atoms with E-state index in [1.807, 2.05) is 44.4 Å². The molecule has 2 aromatic carbocycles. The second-order valence-electron chi connectivity index (χ2n) is 6.10. The first-order valence-corrected chi connectivity index (χ1v) is 8.80. The lowest BCUT2D eigenvalue weighted by Crippen LogP contribution is -2.34. The topological polar surface area (TPSA) is 41.6 Å². The number of carbonyl (C=O) groups excluding carboxylic acids is 1. The summed E-state index contributed by atoms with van der Waals surface area (Å²) in [5.41, 5.74) is 1.19. The Balaban J connectivity index is 1.69. The van der Waals surface area contributed by atoms with E-state index >= 15 is 0 Å². The molecule has 1 atom stereocenters. The first-order chi connectivity index (χ1) is 12.1. The summed E-state index contributed by atoms with van der Waals surface area (Å²) in [5, 5.41) is 3.70. The fourth-order valence-electron chi connectivity index (χ4n) is 2.53. The molecule has 1 unspecified atom stereocenters. The van der Waals surface area contributed by atoms with Gasteiger partial charge in [-0.15, -0.1) is 0 Å². The SMILES string of the molecule is CN(C)C(CNC(=O)CCCOc1ccc(Cl)cc1)c1ccccc1. The van der Waals surface area contributed by atoms with E-state index in [1.54, 1.807) is 12.1 Å². The normalized spacial score (nSPS) is 12.0. The molecule has 4 nitrogen and oxygen atoms in total. The maximum Gasteiger partial charge on any atom is 0.220 e. The number of nitrogens with one attached hydrogen (secondary N) is 1. The van der Waals surface area contributed by atoms with Gasteiger partial charge in [0.1, 0.15) is 5.75 Å².